The van der Waals surface area contributed by atoms with Gasteiger partial charge in [-0.1, -0.05) is 116 Å². The zero-order valence-corrected chi connectivity index (χ0v) is 36.8. The number of aromatic nitrogens is 2. The van der Waals surface area contributed by atoms with Crippen LogP contribution in [0.15, 0.2) is 158 Å². The first-order chi connectivity index (χ1) is 29.1. The van der Waals surface area contributed by atoms with Gasteiger partial charge in [-0.05, 0) is 89.9 Å². The van der Waals surface area contributed by atoms with Crippen molar-refractivity contribution in [3.8, 4) is 39.6 Å². The number of hydrogen-bond donors (Lipinski definition) is 0. The van der Waals surface area contributed by atoms with Gasteiger partial charge in [0.25, 0.3) is 0 Å². The van der Waals surface area contributed by atoms with E-state index < -0.39 is 0 Å². The van der Waals surface area contributed by atoms with E-state index in [4.69, 9.17) is 9.72 Å². The number of hydrogen-bond acceptors (Lipinski definition) is 4. The van der Waals surface area contributed by atoms with Crippen LogP contribution in [0.3, 0.4) is 0 Å². The number of ether oxygens (including phenoxy) is 1. The number of pyridine rings is 1. The predicted molar refractivity (Wildman–Crippen MR) is 243 cm³/mol. The number of nitrogens with zero attached hydrogens (tertiary/aromatic N) is 4. The van der Waals surface area contributed by atoms with Crippen LogP contribution in [0, 0.1) is 38.5 Å². The monoisotopic (exact) mass is 976 g/mol. The number of benzene rings is 7. The quantitative estimate of drug-likeness (QED) is 0.149. The minimum absolute atomic E-state index is 0. The van der Waals surface area contributed by atoms with Crippen LogP contribution in [-0.4, -0.2) is 9.55 Å². The van der Waals surface area contributed by atoms with Gasteiger partial charge in [-0.15, -0.1) is 53.6 Å². The van der Waals surface area contributed by atoms with Crippen molar-refractivity contribution in [1.29, 1.82) is 0 Å². The van der Waals surface area contributed by atoms with Crippen molar-refractivity contribution in [2.24, 2.45) is 0 Å². The second kappa shape index (κ2) is 15.8. The van der Waals surface area contributed by atoms with Gasteiger partial charge in [0, 0.05) is 66.9 Å². The Morgan fingerprint density at radius 3 is 2.03 bits per heavy atom. The van der Waals surface area contributed by atoms with Crippen LogP contribution in [0.4, 0.5) is 27.1 Å². The number of rotatable bonds is 7. The standard InChI is InChI=1S/C54H42FN4O.Pt/c1-35-26-36(2)28-38(27-35)39-29-42(57-34-58(51-17-11-10-16-50(51)57)48-14-8-6-12-45(48)37-18-20-41(55)21-19-37)32-44(30-39)60-43-22-23-47-46-13-7-9-15-49(46)59(52(47)33-43)53-31-40(24-25-56-53)54(3,4)5;/h6-31,34H,1-5H3;/q-3;. The molecule has 0 aliphatic carbocycles. The van der Waals surface area contributed by atoms with Crippen LogP contribution >= 0.6 is 0 Å². The van der Waals surface area contributed by atoms with Crippen LogP contribution in [-0.2, 0) is 26.5 Å². The van der Waals surface area contributed by atoms with E-state index in [0.29, 0.717) is 11.5 Å². The summed E-state index contributed by atoms with van der Waals surface area (Å²) in [5.41, 5.74) is 13.3. The van der Waals surface area contributed by atoms with Crippen LogP contribution in [0.25, 0.3) is 49.9 Å². The fraction of sp³-hybridized carbons (Fsp3) is 0.111. The third kappa shape index (κ3) is 7.51. The van der Waals surface area contributed by atoms with Crippen LogP contribution < -0.4 is 14.5 Å². The molecule has 61 heavy (non-hydrogen) atoms. The maximum atomic E-state index is 14.0. The average Bonchev–Trinajstić information content (AvgIpc) is 3.79. The molecule has 7 heteroatoms. The Kier molecular flexibility index (Phi) is 10.4. The summed E-state index contributed by atoms with van der Waals surface area (Å²) in [7, 11) is 0. The van der Waals surface area contributed by atoms with Gasteiger partial charge >= 0.3 is 0 Å². The summed E-state index contributed by atoms with van der Waals surface area (Å²) in [6.07, 6.45) is 1.89. The first kappa shape index (κ1) is 39.9. The van der Waals surface area contributed by atoms with Crippen molar-refractivity contribution in [3.05, 3.63) is 199 Å². The molecule has 0 bridgehead atoms. The number of halogens is 1. The summed E-state index contributed by atoms with van der Waals surface area (Å²) in [5.74, 6) is 1.70. The van der Waals surface area contributed by atoms with E-state index in [1.165, 1.54) is 28.8 Å². The average molecular weight is 977 g/mol. The van der Waals surface area contributed by atoms with Gasteiger partial charge in [-0.25, -0.2) is 9.37 Å². The van der Waals surface area contributed by atoms with E-state index >= 15 is 0 Å². The largest absolute Gasteiger partial charge is 0.509 e. The molecule has 5 nitrogen and oxygen atoms in total. The molecule has 0 unspecified atom stereocenters. The van der Waals surface area contributed by atoms with Gasteiger partial charge < -0.3 is 19.1 Å². The molecule has 0 fully saturated rings. The van der Waals surface area contributed by atoms with E-state index in [2.05, 4.69) is 171 Å². The first-order valence-corrected chi connectivity index (χ1v) is 20.2. The van der Waals surface area contributed by atoms with Crippen LogP contribution in [0.1, 0.15) is 37.5 Å². The Morgan fingerprint density at radius 1 is 0.607 bits per heavy atom. The Morgan fingerprint density at radius 2 is 1.28 bits per heavy atom. The predicted octanol–water partition coefficient (Wildman–Crippen LogP) is 14.4. The molecule has 1 aliphatic rings. The summed E-state index contributed by atoms with van der Waals surface area (Å²) in [5, 5.41) is 2.19. The molecule has 9 aromatic rings. The van der Waals surface area contributed by atoms with Gasteiger partial charge in [-0.2, -0.15) is 6.07 Å². The van der Waals surface area contributed by atoms with E-state index in [0.717, 1.165) is 72.6 Å². The fourth-order valence-electron chi connectivity index (χ4n) is 8.37. The van der Waals surface area contributed by atoms with Crippen molar-refractivity contribution in [3.63, 3.8) is 0 Å². The van der Waals surface area contributed by atoms with E-state index in [1.807, 2.05) is 42.6 Å². The third-order valence-corrected chi connectivity index (χ3v) is 11.2. The van der Waals surface area contributed by atoms with Gasteiger partial charge in [0.1, 0.15) is 11.6 Å². The maximum absolute atomic E-state index is 14.0. The molecule has 304 valence electrons. The summed E-state index contributed by atoms with van der Waals surface area (Å²) in [6, 6.07) is 58.1. The fourth-order valence-corrected chi connectivity index (χ4v) is 8.37. The van der Waals surface area contributed by atoms with Crippen molar-refractivity contribution in [1.82, 2.24) is 9.55 Å². The first-order valence-electron chi connectivity index (χ1n) is 20.2. The number of fused-ring (bicyclic) bond motifs is 4. The minimum atomic E-state index is -0.263. The van der Waals surface area contributed by atoms with Gasteiger partial charge in [-0.3, -0.25) is 0 Å². The normalized spacial score (nSPS) is 12.5. The molecule has 0 atom stereocenters. The van der Waals surface area contributed by atoms with Gasteiger partial charge in [0.05, 0.1) is 0 Å². The maximum Gasteiger partial charge on any atom is 0.135 e. The summed E-state index contributed by atoms with van der Waals surface area (Å²) in [6.45, 7) is 13.0. The van der Waals surface area contributed by atoms with E-state index in [-0.39, 0.29) is 32.3 Å². The molecule has 10 rings (SSSR count). The molecule has 0 saturated heterocycles. The molecule has 7 aromatic carbocycles. The molecule has 0 saturated carbocycles. The molecule has 0 N–H and O–H groups in total. The zero-order valence-electron chi connectivity index (χ0n) is 34.5. The Balaban J connectivity index is 0.00000476. The topological polar surface area (TPSA) is 33.5 Å². The molecular weight excluding hydrogens is 935 g/mol. The zero-order chi connectivity index (χ0) is 41.1. The van der Waals surface area contributed by atoms with Crippen LogP contribution in [0.2, 0.25) is 0 Å². The molecule has 0 radical (unpaired) electrons. The molecule has 1 aliphatic heterocycles. The second-order valence-corrected chi connectivity index (χ2v) is 16.6. The summed E-state index contributed by atoms with van der Waals surface area (Å²) in [4.78, 5) is 9.22. The van der Waals surface area contributed by atoms with Crippen molar-refractivity contribution in [2.75, 3.05) is 9.80 Å². The minimum Gasteiger partial charge on any atom is -0.509 e. The summed E-state index contributed by atoms with van der Waals surface area (Å²) >= 11 is 0. The molecule has 2 aromatic heterocycles. The van der Waals surface area contributed by atoms with Crippen molar-refractivity contribution in [2.45, 2.75) is 40.0 Å². The Bertz CT molecular complexity index is 3070. The van der Waals surface area contributed by atoms with Crippen molar-refractivity contribution >= 4 is 44.6 Å². The third-order valence-electron chi connectivity index (χ3n) is 11.2. The SMILES string of the molecule is Cc1cc(C)cc(-c2cc(Oc3[c-]c4c(cc3)c3ccccc3n4-c3cc(C(C)(C)C)ccn3)[c-]c(N3[CH-]N(c4ccccc4-c4ccc(F)cc4)c4ccccc43)c2)c1.[Pt]. The molecule has 3 heterocycles. The van der Waals surface area contributed by atoms with Crippen LogP contribution in [0.5, 0.6) is 11.5 Å². The molecule has 0 amide bonds. The number of para-hydroxylation sites is 4. The van der Waals surface area contributed by atoms with Gasteiger partial charge in [0.15, 0.2) is 0 Å². The van der Waals surface area contributed by atoms with E-state index in [9.17, 15) is 4.39 Å². The van der Waals surface area contributed by atoms with Crippen molar-refractivity contribution < 1.29 is 30.2 Å². The Labute approximate surface area is 371 Å². The molecular formula is C54H42FN4OPt-3. The Hall–Kier alpha value is -6.49. The molecule has 0 spiro atoms. The second-order valence-electron chi connectivity index (χ2n) is 16.6. The van der Waals surface area contributed by atoms with Gasteiger partial charge in [0.2, 0.25) is 0 Å². The summed E-state index contributed by atoms with van der Waals surface area (Å²) < 4.78 is 23.0. The number of anilines is 4. The van der Waals surface area contributed by atoms with E-state index in [1.54, 1.807) is 0 Å². The number of aryl methyl sites for hydroxylation is 2. The smallest absolute Gasteiger partial charge is 0.135 e.